The molecule has 0 radical (unpaired) electrons. The zero-order valence-electron chi connectivity index (χ0n) is 8.47. The Morgan fingerprint density at radius 3 is 1.92 bits per heavy atom. The highest BCUT2D eigenvalue weighted by molar-refractivity contribution is 7.46. The van der Waals surface area contributed by atoms with Gasteiger partial charge in [-0.25, -0.2) is 4.57 Å². The monoisotopic (exact) mass is 211 g/mol. The molecule has 0 aromatic heterocycles. The van der Waals surface area contributed by atoms with Gasteiger partial charge in [0, 0.05) is 14.1 Å². The SMILES string of the molecule is CC=CN(C)C.CCOP(=O)(O)O. The van der Waals surface area contributed by atoms with Crippen LogP contribution in [-0.2, 0) is 9.09 Å². The molecule has 0 fully saturated rings. The Labute approximate surface area is 79.3 Å². The Balaban J connectivity index is 0. The molecule has 0 unspecified atom stereocenters. The van der Waals surface area contributed by atoms with E-state index in [4.69, 9.17) is 9.79 Å². The van der Waals surface area contributed by atoms with Gasteiger partial charge < -0.3 is 14.7 Å². The third kappa shape index (κ3) is 24.5. The highest BCUT2D eigenvalue weighted by Crippen LogP contribution is 2.34. The molecule has 0 aromatic carbocycles. The van der Waals surface area contributed by atoms with Gasteiger partial charge >= 0.3 is 7.82 Å². The topological polar surface area (TPSA) is 70.0 Å². The van der Waals surface area contributed by atoms with Gasteiger partial charge in [-0.05, 0) is 20.0 Å². The number of hydrogen-bond donors (Lipinski definition) is 2. The van der Waals surface area contributed by atoms with Gasteiger partial charge in [-0.2, -0.15) is 0 Å². The van der Waals surface area contributed by atoms with Crippen molar-refractivity contribution in [3.63, 3.8) is 0 Å². The lowest BCUT2D eigenvalue weighted by atomic mass is 10.7. The molecule has 5 nitrogen and oxygen atoms in total. The highest BCUT2D eigenvalue weighted by atomic mass is 31.2. The molecule has 0 atom stereocenters. The van der Waals surface area contributed by atoms with Crippen molar-refractivity contribution in [3.05, 3.63) is 12.3 Å². The van der Waals surface area contributed by atoms with Crippen molar-refractivity contribution in [1.82, 2.24) is 4.90 Å². The van der Waals surface area contributed by atoms with E-state index >= 15 is 0 Å². The van der Waals surface area contributed by atoms with Crippen LogP contribution in [0.1, 0.15) is 13.8 Å². The zero-order chi connectivity index (χ0) is 10.9. The molecule has 80 valence electrons. The van der Waals surface area contributed by atoms with Crippen LogP contribution in [0.2, 0.25) is 0 Å². The minimum absolute atomic E-state index is 0.0459. The first-order valence-electron chi connectivity index (χ1n) is 3.82. The number of nitrogens with zero attached hydrogens (tertiary/aromatic N) is 1. The molecule has 13 heavy (non-hydrogen) atoms. The van der Waals surface area contributed by atoms with Gasteiger partial charge in [0.1, 0.15) is 0 Å². The second kappa shape index (κ2) is 8.26. The summed E-state index contributed by atoms with van der Waals surface area (Å²) in [6.45, 7) is 3.56. The fourth-order valence-corrected chi connectivity index (χ4v) is 0.803. The van der Waals surface area contributed by atoms with Gasteiger partial charge in [0.05, 0.1) is 6.61 Å². The predicted octanol–water partition coefficient (Wildman–Crippen LogP) is 1.20. The minimum Gasteiger partial charge on any atom is -0.384 e. The van der Waals surface area contributed by atoms with Crippen molar-refractivity contribution in [2.45, 2.75) is 13.8 Å². The summed E-state index contributed by atoms with van der Waals surface area (Å²) < 4.78 is 13.6. The van der Waals surface area contributed by atoms with Gasteiger partial charge in [-0.15, -0.1) is 0 Å². The molecular formula is C7H18NO4P. The van der Waals surface area contributed by atoms with E-state index in [-0.39, 0.29) is 6.61 Å². The van der Waals surface area contributed by atoms with E-state index in [1.54, 1.807) is 0 Å². The van der Waals surface area contributed by atoms with Crippen molar-refractivity contribution in [2.24, 2.45) is 0 Å². The van der Waals surface area contributed by atoms with Crippen LogP contribution < -0.4 is 0 Å². The van der Waals surface area contributed by atoms with Crippen molar-refractivity contribution >= 4 is 7.82 Å². The lowest BCUT2D eigenvalue weighted by molar-refractivity contribution is 0.206. The maximum Gasteiger partial charge on any atom is 0.469 e. The highest BCUT2D eigenvalue weighted by Gasteiger charge is 2.10. The second-order valence-electron chi connectivity index (χ2n) is 2.35. The molecule has 0 saturated carbocycles. The molecule has 0 rings (SSSR count). The molecule has 0 heterocycles. The Morgan fingerprint density at radius 1 is 1.46 bits per heavy atom. The molecule has 0 aromatic rings. The van der Waals surface area contributed by atoms with Crippen molar-refractivity contribution in [1.29, 1.82) is 0 Å². The summed E-state index contributed by atoms with van der Waals surface area (Å²) in [5, 5.41) is 0. The Morgan fingerprint density at radius 2 is 1.92 bits per heavy atom. The quantitative estimate of drug-likeness (QED) is 0.686. The van der Waals surface area contributed by atoms with E-state index in [1.807, 2.05) is 38.2 Å². The van der Waals surface area contributed by atoms with E-state index < -0.39 is 7.82 Å². The first-order valence-corrected chi connectivity index (χ1v) is 5.35. The summed E-state index contributed by atoms with van der Waals surface area (Å²) in [6.07, 6.45) is 4.00. The van der Waals surface area contributed by atoms with Gasteiger partial charge in [0.2, 0.25) is 0 Å². The third-order valence-corrected chi connectivity index (χ3v) is 1.34. The van der Waals surface area contributed by atoms with E-state index in [2.05, 4.69) is 4.52 Å². The van der Waals surface area contributed by atoms with Crippen molar-refractivity contribution in [2.75, 3.05) is 20.7 Å². The second-order valence-corrected chi connectivity index (χ2v) is 3.59. The summed E-state index contributed by atoms with van der Waals surface area (Å²) in [5.74, 6) is 0. The van der Waals surface area contributed by atoms with Crippen LogP contribution in [0.5, 0.6) is 0 Å². The summed E-state index contributed by atoms with van der Waals surface area (Å²) in [7, 11) is -0.166. The lowest BCUT2D eigenvalue weighted by Gasteiger charge is -1.99. The van der Waals surface area contributed by atoms with Crippen LogP contribution in [-0.4, -0.2) is 35.4 Å². The van der Waals surface area contributed by atoms with Gasteiger partial charge in [0.15, 0.2) is 0 Å². The van der Waals surface area contributed by atoms with Gasteiger partial charge in [0.25, 0.3) is 0 Å². The lowest BCUT2D eigenvalue weighted by Crippen LogP contribution is -1.98. The number of phosphoric acid groups is 1. The number of hydrogen-bond acceptors (Lipinski definition) is 3. The molecule has 0 saturated heterocycles. The van der Waals surface area contributed by atoms with Crippen molar-refractivity contribution < 1.29 is 18.9 Å². The number of rotatable bonds is 3. The summed E-state index contributed by atoms with van der Waals surface area (Å²) in [5.41, 5.74) is 0. The molecule has 0 amide bonds. The third-order valence-electron chi connectivity index (χ3n) is 0.744. The fraction of sp³-hybridized carbons (Fsp3) is 0.714. The maximum absolute atomic E-state index is 9.70. The predicted molar refractivity (Wildman–Crippen MR) is 52.2 cm³/mol. The first kappa shape index (κ1) is 15.1. The van der Waals surface area contributed by atoms with Crippen LogP contribution in [0.4, 0.5) is 0 Å². The van der Waals surface area contributed by atoms with Gasteiger partial charge in [-0.1, -0.05) is 6.08 Å². The summed E-state index contributed by atoms with van der Waals surface area (Å²) in [4.78, 5) is 17.8. The standard InChI is InChI=1S/C5H11N.C2H7O4P/c1-4-5-6(2)3;1-2-6-7(3,4)5/h4-5H,1-3H3;2H2,1H3,(H2,3,4,5). The largest absolute Gasteiger partial charge is 0.469 e. The summed E-state index contributed by atoms with van der Waals surface area (Å²) >= 11 is 0. The molecule has 0 aliphatic rings. The van der Waals surface area contributed by atoms with Crippen LogP contribution in [0.3, 0.4) is 0 Å². The van der Waals surface area contributed by atoms with E-state index in [0.29, 0.717) is 0 Å². The summed E-state index contributed by atoms with van der Waals surface area (Å²) in [6, 6.07) is 0. The van der Waals surface area contributed by atoms with E-state index in [0.717, 1.165) is 0 Å². The molecule has 0 bridgehead atoms. The Hall–Kier alpha value is -0.350. The zero-order valence-corrected chi connectivity index (χ0v) is 9.36. The van der Waals surface area contributed by atoms with Crippen LogP contribution >= 0.6 is 7.82 Å². The van der Waals surface area contributed by atoms with Gasteiger partial charge in [-0.3, -0.25) is 4.52 Å². The maximum atomic E-state index is 9.70. The normalized spacial score (nSPS) is 10.9. The molecule has 0 aliphatic heterocycles. The average Bonchev–Trinajstić information content (AvgIpc) is 1.84. The van der Waals surface area contributed by atoms with Crippen molar-refractivity contribution in [3.8, 4) is 0 Å². The molecule has 0 spiro atoms. The first-order chi connectivity index (χ1) is 5.83. The average molecular weight is 211 g/mol. The molecule has 6 heteroatoms. The number of phosphoric ester groups is 1. The molecule has 2 N–H and O–H groups in total. The van der Waals surface area contributed by atoms with Crippen LogP contribution in [0.15, 0.2) is 12.3 Å². The smallest absolute Gasteiger partial charge is 0.384 e. The molecule has 0 aliphatic carbocycles. The Bertz CT molecular complexity index is 175. The minimum atomic E-state index is -4.17. The van der Waals surface area contributed by atoms with E-state index in [9.17, 15) is 4.57 Å². The Kier molecular flexibility index (Phi) is 9.61. The fourth-order valence-electron chi connectivity index (χ4n) is 0.466. The molecular weight excluding hydrogens is 193 g/mol. The number of allylic oxidation sites excluding steroid dienone is 1. The van der Waals surface area contributed by atoms with Crippen LogP contribution in [0, 0.1) is 0 Å². The van der Waals surface area contributed by atoms with Crippen LogP contribution in [0.25, 0.3) is 0 Å². The van der Waals surface area contributed by atoms with E-state index in [1.165, 1.54) is 6.92 Å².